The maximum absolute atomic E-state index is 6.30. The summed E-state index contributed by atoms with van der Waals surface area (Å²) >= 11 is 6.30. The second kappa shape index (κ2) is 12.8. The number of methoxy groups -OCH3 is 1. The minimum Gasteiger partial charge on any atom is -0.493 e. The molecule has 1 fully saturated rings. The molecule has 1 aliphatic rings. The first-order chi connectivity index (χ1) is 14.6. The predicted molar refractivity (Wildman–Crippen MR) is 137 cm³/mol. The van der Waals surface area contributed by atoms with Gasteiger partial charge in [0.05, 0.1) is 25.3 Å². The highest BCUT2D eigenvalue weighted by Crippen LogP contribution is 2.28. The van der Waals surface area contributed by atoms with Crippen molar-refractivity contribution in [3.8, 4) is 11.5 Å². The number of ether oxygens (including phenoxy) is 2. The molecule has 1 atom stereocenters. The van der Waals surface area contributed by atoms with Crippen molar-refractivity contribution >= 4 is 47.4 Å². The second-order valence-corrected chi connectivity index (χ2v) is 7.41. The Balaban J connectivity index is 0.00000341. The molecular weight excluding hydrogens is 529 g/mol. The topological polar surface area (TPSA) is 71.0 Å². The van der Waals surface area contributed by atoms with Gasteiger partial charge in [0.1, 0.15) is 5.82 Å². The maximum Gasteiger partial charge on any atom is 0.191 e. The molecule has 1 unspecified atom stereocenters. The molecule has 1 saturated heterocycles. The summed E-state index contributed by atoms with van der Waals surface area (Å²) in [6.45, 7) is 7.69. The van der Waals surface area contributed by atoms with Gasteiger partial charge in [0.15, 0.2) is 17.5 Å². The molecule has 31 heavy (non-hydrogen) atoms. The Labute approximate surface area is 206 Å². The van der Waals surface area contributed by atoms with Crippen LogP contribution in [0.4, 0.5) is 5.82 Å². The second-order valence-electron chi connectivity index (χ2n) is 7.00. The lowest BCUT2D eigenvalue weighted by Crippen LogP contribution is -2.44. The summed E-state index contributed by atoms with van der Waals surface area (Å²) in [7, 11) is 1.65. The van der Waals surface area contributed by atoms with Gasteiger partial charge in [0.2, 0.25) is 0 Å². The zero-order valence-electron chi connectivity index (χ0n) is 18.2. The van der Waals surface area contributed by atoms with Crippen molar-refractivity contribution in [2.45, 2.75) is 32.9 Å². The zero-order chi connectivity index (χ0) is 21.3. The molecule has 0 bridgehead atoms. The highest BCUT2D eigenvalue weighted by atomic mass is 127. The van der Waals surface area contributed by atoms with Crippen LogP contribution in [0, 0.1) is 0 Å². The molecule has 7 nitrogen and oxygen atoms in total. The first kappa shape index (κ1) is 25.3. The van der Waals surface area contributed by atoms with E-state index < -0.39 is 0 Å². The molecule has 9 heteroatoms. The molecule has 2 heterocycles. The first-order valence-electron chi connectivity index (χ1n) is 10.3. The molecular formula is C22H31ClIN5O2. The largest absolute Gasteiger partial charge is 0.493 e. The van der Waals surface area contributed by atoms with Crippen LogP contribution in [0.3, 0.4) is 0 Å². The van der Waals surface area contributed by atoms with Crippen LogP contribution in [0.1, 0.15) is 25.8 Å². The van der Waals surface area contributed by atoms with Crippen molar-refractivity contribution in [1.29, 1.82) is 0 Å². The number of guanidine groups is 1. The van der Waals surface area contributed by atoms with Crippen molar-refractivity contribution in [3.63, 3.8) is 0 Å². The Morgan fingerprint density at radius 2 is 2.13 bits per heavy atom. The molecule has 0 amide bonds. The molecule has 170 valence electrons. The third-order valence-electron chi connectivity index (χ3n) is 4.86. The fraction of sp³-hybridized carbons (Fsp3) is 0.455. The van der Waals surface area contributed by atoms with E-state index in [1.165, 1.54) is 0 Å². The summed E-state index contributed by atoms with van der Waals surface area (Å²) in [5, 5.41) is 7.55. The Bertz CT molecular complexity index is 868. The van der Waals surface area contributed by atoms with Gasteiger partial charge in [0, 0.05) is 31.9 Å². The molecule has 0 radical (unpaired) electrons. The number of benzene rings is 1. The van der Waals surface area contributed by atoms with Crippen molar-refractivity contribution < 1.29 is 9.47 Å². The number of aromatic nitrogens is 1. The summed E-state index contributed by atoms with van der Waals surface area (Å²) in [4.78, 5) is 11.4. The molecule has 0 saturated carbocycles. The molecule has 0 aliphatic carbocycles. The average Bonchev–Trinajstić information content (AvgIpc) is 3.21. The first-order valence-corrected chi connectivity index (χ1v) is 10.7. The standard InChI is InChI=1S/C22H30ClN5O2.HI/c1-4-24-22(26-14-16-8-9-19(30-5-2)20(13-16)29-3)27-17-10-12-28(15-17)21-18(23)7-6-11-25-21;/h6-9,11,13,17H,4-5,10,12,14-15H2,1-3H3,(H2,24,26,27);1H. The van der Waals surface area contributed by atoms with Crippen LogP contribution in [0.25, 0.3) is 0 Å². The number of aliphatic imine (C=N–C) groups is 1. The van der Waals surface area contributed by atoms with E-state index in [9.17, 15) is 0 Å². The summed E-state index contributed by atoms with van der Waals surface area (Å²) in [5.41, 5.74) is 1.06. The van der Waals surface area contributed by atoms with Gasteiger partial charge in [-0.3, -0.25) is 0 Å². The highest BCUT2D eigenvalue weighted by molar-refractivity contribution is 14.0. The van der Waals surface area contributed by atoms with E-state index in [1.807, 2.05) is 37.3 Å². The van der Waals surface area contributed by atoms with Gasteiger partial charge in [-0.05, 0) is 50.1 Å². The number of hydrogen-bond donors (Lipinski definition) is 2. The number of hydrogen-bond acceptors (Lipinski definition) is 5. The third kappa shape index (κ3) is 7.03. The Morgan fingerprint density at radius 1 is 1.29 bits per heavy atom. The SMILES string of the molecule is CCNC(=NCc1ccc(OCC)c(OC)c1)NC1CCN(c2ncccc2Cl)C1.I. The van der Waals surface area contributed by atoms with Crippen LogP contribution >= 0.6 is 35.6 Å². The van der Waals surface area contributed by atoms with Gasteiger partial charge < -0.3 is 25.0 Å². The monoisotopic (exact) mass is 559 g/mol. The summed E-state index contributed by atoms with van der Waals surface area (Å²) < 4.78 is 11.0. The molecule has 1 aromatic heterocycles. The van der Waals surface area contributed by atoms with E-state index in [1.54, 1.807) is 13.3 Å². The quantitative estimate of drug-likeness (QED) is 0.288. The predicted octanol–water partition coefficient (Wildman–Crippen LogP) is 4.09. The minimum atomic E-state index is 0. The Morgan fingerprint density at radius 3 is 2.84 bits per heavy atom. The third-order valence-corrected chi connectivity index (χ3v) is 5.15. The van der Waals surface area contributed by atoms with Crippen LogP contribution in [-0.2, 0) is 6.54 Å². The average molecular weight is 560 g/mol. The number of halogens is 2. The van der Waals surface area contributed by atoms with Gasteiger partial charge in [-0.1, -0.05) is 17.7 Å². The highest BCUT2D eigenvalue weighted by Gasteiger charge is 2.25. The van der Waals surface area contributed by atoms with E-state index in [-0.39, 0.29) is 30.0 Å². The van der Waals surface area contributed by atoms with Crippen LogP contribution < -0.4 is 25.0 Å². The van der Waals surface area contributed by atoms with E-state index in [2.05, 4.69) is 27.4 Å². The molecule has 0 spiro atoms. The molecule has 2 N–H and O–H groups in total. The van der Waals surface area contributed by atoms with E-state index in [4.69, 9.17) is 26.1 Å². The van der Waals surface area contributed by atoms with Crippen molar-refractivity contribution in [1.82, 2.24) is 15.6 Å². The van der Waals surface area contributed by atoms with Crippen LogP contribution in [0.15, 0.2) is 41.5 Å². The lowest BCUT2D eigenvalue weighted by Gasteiger charge is -2.20. The molecule has 1 aliphatic heterocycles. The number of rotatable bonds is 8. The van der Waals surface area contributed by atoms with Crippen molar-refractivity contribution in [2.24, 2.45) is 4.99 Å². The van der Waals surface area contributed by atoms with Gasteiger partial charge in [-0.25, -0.2) is 9.98 Å². The molecule has 2 aromatic rings. The Kier molecular flexibility index (Phi) is 10.5. The number of anilines is 1. The number of pyridine rings is 1. The summed E-state index contributed by atoms with van der Waals surface area (Å²) in [5.74, 6) is 3.11. The van der Waals surface area contributed by atoms with Crippen molar-refractivity contribution in [2.75, 3.05) is 38.3 Å². The Hall–Kier alpha value is -1.94. The van der Waals surface area contributed by atoms with Gasteiger partial charge >= 0.3 is 0 Å². The van der Waals surface area contributed by atoms with Crippen LogP contribution in [-0.4, -0.2) is 50.3 Å². The lowest BCUT2D eigenvalue weighted by molar-refractivity contribution is 0.310. The van der Waals surface area contributed by atoms with Gasteiger partial charge in [-0.15, -0.1) is 24.0 Å². The van der Waals surface area contributed by atoms with Gasteiger partial charge in [-0.2, -0.15) is 0 Å². The summed E-state index contributed by atoms with van der Waals surface area (Å²) in [6, 6.07) is 9.92. The van der Waals surface area contributed by atoms with Gasteiger partial charge in [0.25, 0.3) is 0 Å². The molecule has 1 aromatic carbocycles. The fourth-order valence-electron chi connectivity index (χ4n) is 3.45. The normalized spacial score (nSPS) is 15.9. The zero-order valence-corrected chi connectivity index (χ0v) is 21.3. The van der Waals surface area contributed by atoms with Crippen molar-refractivity contribution in [3.05, 3.63) is 47.1 Å². The molecule has 3 rings (SSSR count). The van der Waals surface area contributed by atoms with E-state index in [0.29, 0.717) is 18.2 Å². The minimum absolute atomic E-state index is 0. The van der Waals surface area contributed by atoms with Crippen LogP contribution in [0.5, 0.6) is 11.5 Å². The smallest absolute Gasteiger partial charge is 0.191 e. The van der Waals surface area contributed by atoms with E-state index >= 15 is 0 Å². The number of nitrogens with one attached hydrogen (secondary N) is 2. The van der Waals surface area contributed by atoms with E-state index in [0.717, 1.165) is 54.9 Å². The maximum atomic E-state index is 6.30. The lowest BCUT2D eigenvalue weighted by atomic mass is 10.2. The van der Waals surface area contributed by atoms with Crippen LogP contribution in [0.2, 0.25) is 5.02 Å². The summed E-state index contributed by atoms with van der Waals surface area (Å²) in [6.07, 6.45) is 2.77. The number of nitrogens with zero attached hydrogens (tertiary/aromatic N) is 3. The fourth-order valence-corrected chi connectivity index (χ4v) is 3.69.